The Hall–Kier alpha value is -2.11. The third kappa shape index (κ3) is 2.04. The van der Waals surface area contributed by atoms with E-state index in [2.05, 4.69) is 10.2 Å². The third-order valence-electron chi connectivity index (χ3n) is 1.97. The Bertz CT molecular complexity index is 527. The van der Waals surface area contributed by atoms with Crippen molar-refractivity contribution in [3.05, 3.63) is 40.6 Å². The molecule has 6 nitrogen and oxygen atoms in total. The maximum Gasteiger partial charge on any atom is 0.269 e. The molecule has 0 bridgehead atoms. The summed E-state index contributed by atoms with van der Waals surface area (Å²) in [5.74, 6) is 0. The Kier molecular flexibility index (Phi) is 2.24. The number of aryl methyl sites for hydroxylation is 1. The van der Waals surface area contributed by atoms with Gasteiger partial charge in [0.1, 0.15) is 0 Å². The third-order valence-corrected chi connectivity index (χ3v) is 1.97. The SMILES string of the molecule is Cn1ccc(Cn2ncc(N)cc2=O)n1. The van der Waals surface area contributed by atoms with E-state index in [0.717, 1.165) is 5.69 Å². The molecule has 0 radical (unpaired) electrons. The Morgan fingerprint density at radius 1 is 1.53 bits per heavy atom. The minimum Gasteiger partial charge on any atom is -0.397 e. The van der Waals surface area contributed by atoms with Crippen LogP contribution in [0.3, 0.4) is 0 Å². The molecule has 0 aliphatic rings. The summed E-state index contributed by atoms with van der Waals surface area (Å²) in [6, 6.07) is 3.18. The van der Waals surface area contributed by atoms with Gasteiger partial charge in [-0.05, 0) is 6.07 Å². The number of nitrogens with two attached hydrogens (primary N) is 1. The van der Waals surface area contributed by atoms with Crippen molar-refractivity contribution in [2.24, 2.45) is 7.05 Å². The predicted molar refractivity (Wildman–Crippen MR) is 55.2 cm³/mol. The molecular formula is C9H11N5O. The zero-order chi connectivity index (χ0) is 10.8. The second-order valence-corrected chi connectivity index (χ2v) is 3.27. The number of anilines is 1. The quantitative estimate of drug-likeness (QED) is 0.724. The van der Waals surface area contributed by atoms with Gasteiger partial charge < -0.3 is 5.73 Å². The molecule has 0 saturated heterocycles. The van der Waals surface area contributed by atoms with Crippen LogP contribution in [-0.4, -0.2) is 19.6 Å². The van der Waals surface area contributed by atoms with Gasteiger partial charge in [-0.1, -0.05) is 0 Å². The lowest BCUT2D eigenvalue weighted by Crippen LogP contribution is -2.23. The molecule has 0 unspecified atom stereocenters. The van der Waals surface area contributed by atoms with Gasteiger partial charge in [-0.3, -0.25) is 9.48 Å². The highest BCUT2D eigenvalue weighted by Gasteiger charge is 2.01. The highest BCUT2D eigenvalue weighted by molar-refractivity contribution is 5.31. The van der Waals surface area contributed by atoms with Crippen LogP contribution >= 0.6 is 0 Å². The second kappa shape index (κ2) is 3.56. The largest absolute Gasteiger partial charge is 0.397 e. The first kappa shape index (κ1) is 9.45. The zero-order valence-corrected chi connectivity index (χ0v) is 8.29. The molecule has 2 rings (SSSR count). The highest BCUT2D eigenvalue weighted by atomic mass is 16.1. The van der Waals surface area contributed by atoms with E-state index < -0.39 is 0 Å². The molecule has 6 heteroatoms. The summed E-state index contributed by atoms with van der Waals surface area (Å²) in [6.07, 6.45) is 3.27. The first-order valence-electron chi connectivity index (χ1n) is 4.46. The number of rotatable bonds is 2. The Balaban J connectivity index is 2.28. The van der Waals surface area contributed by atoms with Gasteiger partial charge in [0.15, 0.2) is 0 Å². The lowest BCUT2D eigenvalue weighted by molar-refractivity contribution is 0.615. The smallest absolute Gasteiger partial charge is 0.269 e. The van der Waals surface area contributed by atoms with Crippen molar-refractivity contribution in [1.82, 2.24) is 19.6 Å². The van der Waals surface area contributed by atoms with Gasteiger partial charge in [-0.15, -0.1) is 0 Å². The minimum atomic E-state index is -0.222. The van der Waals surface area contributed by atoms with E-state index >= 15 is 0 Å². The van der Waals surface area contributed by atoms with Crippen molar-refractivity contribution in [3.8, 4) is 0 Å². The summed E-state index contributed by atoms with van der Waals surface area (Å²) >= 11 is 0. The molecule has 2 aromatic rings. The lowest BCUT2D eigenvalue weighted by Gasteiger charge is -2.01. The molecule has 0 aromatic carbocycles. The first-order chi connectivity index (χ1) is 7.15. The molecule has 0 aliphatic carbocycles. The molecule has 0 atom stereocenters. The molecular weight excluding hydrogens is 194 g/mol. The normalized spacial score (nSPS) is 10.5. The fourth-order valence-corrected chi connectivity index (χ4v) is 1.27. The van der Waals surface area contributed by atoms with Crippen molar-refractivity contribution in [2.75, 3.05) is 5.73 Å². The van der Waals surface area contributed by atoms with Gasteiger partial charge in [0.2, 0.25) is 0 Å². The Labute approximate surface area is 85.9 Å². The fourth-order valence-electron chi connectivity index (χ4n) is 1.27. The lowest BCUT2D eigenvalue weighted by atomic mass is 10.4. The van der Waals surface area contributed by atoms with Gasteiger partial charge in [-0.2, -0.15) is 10.2 Å². The summed E-state index contributed by atoms with van der Waals surface area (Å²) in [4.78, 5) is 11.4. The number of nitrogen functional groups attached to an aromatic ring is 1. The van der Waals surface area contributed by atoms with Crippen LogP contribution in [0.1, 0.15) is 5.69 Å². The predicted octanol–water partition coefficient (Wildman–Crippen LogP) is -0.393. The molecule has 2 N–H and O–H groups in total. The maximum absolute atomic E-state index is 11.4. The monoisotopic (exact) mass is 205 g/mol. The van der Waals surface area contributed by atoms with Crippen LogP contribution in [0.2, 0.25) is 0 Å². The molecule has 0 aliphatic heterocycles. The number of hydrogen-bond acceptors (Lipinski definition) is 4. The van der Waals surface area contributed by atoms with Crippen molar-refractivity contribution >= 4 is 5.69 Å². The van der Waals surface area contributed by atoms with E-state index in [4.69, 9.17) is 5.73 Å². The van der Waals surface area contributed by atoms with Crippen molar-refractivity contribution in [1.29, 1.82) is 0 Å². The van der Waals surface area contributed by atoms with E-state index in [1.54, 1.807) is 4.68 Å². The molecule has 78 valence electrons. The van der Waals surface area contributed by atoms with Crippen LogP contribution < -0.4 is 11.3 Å². The summed E-state index contributed by atoms with van der Waals surface area (Å²) < 4.78 is 3.00. The number of hydrogen-bond donors (Lipinski definition) is 1. The van der Waals surface area contributed by atoms with E-state index in [1.165, 1.54) is 16.9 Å². The second-order valence-electron chi connectivity index (χ2n) is 3.27. The zero-order valence-electron chi connectivity index (χ0n) is 8.29. The van der Waals surface area contributed by atoms with Gasteiger partial charge >= 0.3 is 0 Å². The van der Waals surface area contributed by atoms with Crippen LogP contribution in [0.15, 0.2) is 29.3 Å². The molecule has 2 heterocycles. The van der Waals surface area contributed by atoms with Gasteiger partial charge in [0.25, 0.3) is 5.56 Å². The highest BCUT2D eigenvalue weighted by Crippen LogP contribution is 1.96. The van der Waals surface area contributed by atoms with Gasteiger partial charge in [0, 0.05) is 19.3 Å². The van der Waals surface area contributed by atoms with Crippen LogP contribution in [0.25, 0.3) is 0 Å². The van der Waals surface area contributed by atoms with Crippen LogP contribution in [-0.2, 0) is 13.6 Å². The summed E-state index contributed by atoms with van der Waals surface area (Å²) in [6.45, 7) is 0.361. The van der Waals surface area contributed by atoms with E-state index in [9.17, 15) is 4.79 Å². The van der Waals surface area contributed by atoms with Crippen LogP contribution in [0.4, 0.5) is 5.69 Å². The van der Waals surface area contributed by atoms with Gasteiger partial charge in [0.05, 0.1) is 24.1 Å². The maximum atomic E-state index is 11.4. The summed E-state index contributed by atoms with van der Waals surface area (Å²) in [5, 5.41) is 8.07. The van der Waals surface area contributed by atoms with Crippen LogP contribution in [0.5, 0.6) is 0 Å². The van der Waals surface area contributed by atoms with E-state index in [-0.39, 0.29) is 5.56 Å². The Morgan fingerprint density at radius 2 is 2.33 bits per heavy atom. The van der Waals surface area contributed by atoms with Crippen molar-refractivity contribution in [3.63, 3.8) is 0 Å². The molecule has 0 saturated carbocycles. The van der Waals surface area contributed by atoms with Crippen LogP contribution in [0, 0.1) is 0 Å². The van der Waals surface area contributed by atoms with Crippen molar-refractivity contribution < 1.29 is 0 Å². The summed E-state index contributed by atoms with van der Waals surface area (Å²) in [5.41, 5.74) is 6.37. The first-order valence-corrected chi connectivity index (χ1v) is 4.46. The molecule has 0 spiro atoms. The standard InChI is InChI=1S/C9H11N5O/c1-13-3-2-8(12-13)6-14-9(15)4-7(10)5-11-14/h2-5H,6,10H2,1H3. The molecule has 0 amide bonds. The average Bonchev–Trinajstić information content (AvgIpc) is 2.56. The number of aromatic nitrogens is 4. The fraction of sp³-hybridized carbons (Fsp3) is 0.222. The topological polar surface area (TPSA) is 78.7 Å². The summed E-state index contributed by atoms with van der Waals surface area (Å²) in [7, 11) is 1.82. The number of nitrogens with zero attached hydrogens (tertiary/aromatic N) is 4. The average molecular weight is 205 g/mol. The molecule has 0 fully saturated rings. The van der Waals surface area contributed by atoms with Gasteiger partial charge in [-0.25, -0.2) is 4.68 Å². The minimum absolute atomic E-state index is 0.222. The molecule has 2 aromatic heterocycles. The van der Waals surface area contributed by atoms with Crippen molar-refractivity contribution in [2.45, 2.75) is 6.54 Å². The Morgan fingerprint density at radius 3 is 2.93 bits per heavy atom. The van der Waals surface area contributed by atoms with E-state index in [1.807, 2.05) is 19.3 Å². The molecule has 15 heavy (non-hydrogen) atoms. The van der Waals surface area contributed by atoms with E-state index in [0.29, 0.717) is 12.2 Å².